The quantitative estimate of drug-likeness (QED) is 0.396. The molecule has 0 aromatic heterocycles. The molecule has 0 unspecified atom stereocenters. The minimum absolute atomic E-state index is 1.09. The van der Waals surface area contributed by atoms with Gasteiger partial charge < -0.3 is 4.80 Å². The molecule has 2 heteroatoms. The molecule has 0 rings (SSSR count). The van der Waals surface area contributed by atoms with E-state index in [9.17, 15) is 4.80 Å². The fraction of sp³-hybridized carbons (Fsp3) is 1.00. The van der Waals surface area contributed by atoms with Gasteiger partial charge in [0.05, 0.1) is 0 Å². The summed E-state index contributed by atoms with van der Waals surface area (Å²) in [4.78, 5) is 9.68. The molecule has 0 aliphatic rings. The van der Waals surface area contributed by atoms with Crippen LogP contribution >= 0.6 is 0 Å². The maximum absolute atomic E-state index is 9.68. The molecule has 1 nitrogen and oxygen atoms in total. The van der Waals surface area contributed by atoms with Crippen LogP contribution in [0.1, 0.15) is 71.1 Å². The number of rotatable bonds is 11. The van der Waals surface area contributed by atoms with Gasteiger partial charge in [0.1, 0.15) is 0 Å². The molecule has 16 heavy (non-hydrogen) atoms. The second-order valence-corrected chi connectivity index (χ2v) is 9.87. The summed E-state index contributed by atoms with van der Waals surface area (Å²) in [5, 5.41) is 0. The molecular weight excluding hydrogens is 212 g/mol. The predicted molar refractivity (Wildman–Crippen MR) is 76.4 cm³/mol. The topological polar surface area (TPSA) is 20.2 Å². The first kappa shape index (κ1) is 16.2. The van der Waals surface area contributed by atoms with Crippen molar-refractivity contribution in [3.63, 3.8) is 0 Å². The first-order valence-corrected chi connectivity index (χ1v) is 10.4. The molecule has 98 valence electrons. The van der Waals surface area contributed by atoms with Crippen molar-refractivity contribution < 1.29 is 4.80 Å². The van der Waals surface area contributed by atoms with Gasteiger partial charge in [-0.25, -0.2) is 0 Å². The normalized spacial score (nSPS) is 12.0. The lowest BCUT2D eigenvalue weighted by Crippen LogP contribution is -2.23. The van der Waals surface area contributed by atoms with Crippen molar-refractivity contribution in [2.75, 3.05) is 0 Å². The smallest absolute Gasteiger partial charge is 0.182 e. The lowest BCUT2D eigenvalue weighted by Gasteiger charge is -2.12. The van der Waals surface area contributed by atoms with Gasteiger partial charge in [-0.05, 0) is 19.1 Å². The summed E-state index contributed by atoms with van der Waals surface area (Å²) in [6.45, 7) is 6.35. The van der Waals surface area contributed by atoms with Crippen LogP contribution in [0.15, 0.2) is 0 Å². The van der Waals surface area contributed by atoms with Crippen LogP contribution in [-0.2, 0) is 0 Å². The zero-order chi connectivity index (χ0) is 12.3. The van der Waals surface area contributed by atoms with Crippen LogP contribution in [0.5, 0.6) is 0 Å². The Morgan fingerprint density at radius 3 is 1.44 bits per heavy atom. The Balaban J connectivity index is 2.99. The van der Waals surface area contributed by atoms with Crippen molar-refractivity contribution in [3.8, 4) is 0 Å². The molecule has 1 N–H and O–H groups in total. The molecule has 0 radical (unpaired) electrons. The van der Waals surface area contributed by atoms with Crippen LogP contribution < -0.4 is 0 Å². The Labute approximate surface area is 104 Å². The summed E-state index contributed by atoms with van der Waals surface area (Å²) < 4.78 is 0. The Morgan fingerprint density at radius 1 is 0.688 bits per heavy atom. The molecule has 0 aromatic carbocycles. The Morgan fingerprint density at radius 2 is 1.06 bits per heavy atom. The Hall–Kier alpha value is 0.177. The molecule has 0 aromatic rings. The summed E-state index contributed by atoms with van der Waals surface area (Å²) in [5.74, 6) is 0. The third-order valence-corrected chi connectivity index (χ3v) is 4.72. The van der Waals surface area contributed by atoms with Gasteiger partial charge in [0, 0.05) is 0 Å². The molecule has 0 heterocycles. The first-order valence-electron chi connectivity index (χ1n) is 7.28. The minimum Gasteiger partial charge on any atom is -0.432 e. The Kier molecular flexibility index (Phi) is 10.5. The molecule has 0 aliphatic carbocycles. The van der Waals surface area contributed by atoms with E-state index in [1.54, 1.807) is 0 Å². The monoisotopic (exact) mass is 244 g/mol. The summed E-state index contributed by atoms with van der Waals surface area (Å²) >= 11 is 0. The second kappa shape index (κ2) is 10.3. The molecule has 0 saturated carbocycles. The van der Waals surface area contributed by atoms with Crippen molar-refractivity contribution in [3.05, 3.63) is 0 Å². The van der Waals surface area contributed by atoms with Crippen LogP contribution in [0.25, 0.3) is 0 Å². The first-order chi connectivity index (χ1) is 7.56. The minimum atomic E-state index is -1.75. The van der Waals surface area contributed by atoms with Gasteiger partial charge in [0.2, 0.25) is 0 Å². The highest BCUT2D eigenvalue weighted by Gasteiger charge is 2.14. The highest BCUT2D eigenvalue weighted by atomic mass is 28.4. The van der Waals surface area contributed by atoms with Crippen LogP contribution in [0.4, 0.5) is 0 Å². The van der Waals surface area contributed by atoms with Crippen LogP contribution in [0.2, 0.25) is 19.1 Å². The van der Waals surface area contributed by atoms with Crippen molar-refractivity contribution in [1.82, 2.24) is 0 Å². The predicted octanol–water partition coefficient (Wildman–Crippen LogP) is 5.10. The van der Waals surface area contributed by atoms with Gasteiger partial charge >= 0.3 is 0 Å². The van der Waals surface area contributed by atoms with Crippen molar-refractivity contribution in [1.29, 1.82) is 0 Å². The molecule has 0 bridgehead atoms. The van der Waals surface area contributed by atoms with E-state index in [1.165, 1.54) is 64.2 Å². The third-order valence-electron chi connectivity index (χ3n) is 3.14. The Bertz CT molecular complexity index is 140. The highest BCUT2D eigenvalue weighted by Crippen LogP contribution is 2.14. The number of hydrogen-bond donors (Lipinski definition) is 1. The maximum Gasteiger partial charge on any atom is 0.182 e. The van der Waals surface area contributed by atoms with Gasteiger partial charge in [-0.3, -0.25) is 0 Å². The van der Waals surface area contributed by atoms with E-state index >= 15 is 0 Å². The summed E-state index contributed by atoms with van der Waals surface area (Å²) in [6, 6.07) is 1.09. The number of hydrogen-bond acceptors (Lipinski definition) is 1. The molecular formula is C14H32OSi. The summed E-state index contributed by atoms with van der Waals surface area (Å²) in [6.07, 6.45) is 13.8. The second-order valence-electron chi connectivity index (χ2n) is 5.74. The largest absolute Gasteiger partial charge is 0.432 e. The molecule has 0 fully saturated rings. The standard InChI is InChI=1S/C14H32OSi/c1-4-5-6-7-8-9-10-11-12-13-14-16(2,3)15/h15H,4-14H2,1-3H3. The van der Waals surface area contributed by atoms with E-state index in [0.29, 0.717) is 0 Å². The fourth-order valence-corrected chi connectivity index (χ4v) is 3.16. The van der Waals surface area contributed by atoms with Crippen molar-refractivity contribution in [2.24, 2.45) is 0 Å². The molecule has 0 aliphatic heterocycles. The average molecular weight is 244 g/mol. The number of unbranched alkanes of at least 4 members (excludes halogenated alkanes) is 9. The van der Waals surface area contributed by atoms with Crippen LogP contribution in [0, 0.1) is 0 Å². The van der Waals surface area contributed by atoms with E-state index in [0.717, 1.165) is 6.04 Å². The zero-order valence-corrected chi connectivity index (χ0v) is 12.7. The van der Waals surface area contributed by atoms with Crippen LogP contribution in [-0.4, -0.2) is 13.1 Å². The SMILES string of the molecule is CCCCCCCCCCCC[Si](C)(C)O. The molecule has 0 saturated heterocycles. The van der Waals surface area contributed by atoms with E-state index in [-0.39, 0.29) is 0 Å². The van der Waals surface area contributed by atoms with Crippen molar-refractivity contribution in [2.45, 2.75) is 90.3 Å². The van der Waals surface area contributed by atoms with Crippen LogP contribution in [0.3, 0.4) is 0 Å². The highest BCUT2D eigenvalue weighted by molar-refractivity contribution is 6.69. The van der Waals surface area contributed by atoms with Gasteiger partial charge in [-0.15, -0.1) is 0 Å². The van der Waals surface area contributed by atoms with Crippen molar-refractivity contribution >= 4 is 8.32 Å². The average Bonchev–Trinajstić information content (AvgIpc) is 2.19. The molecule has 0 spiro atoms. The molecule has 0 amide bonds. The van der Waals surface area contributed by atoms with Gasteiger partial charge in [-0.1, -0.05) is 71.1 Å². The fourth-order valence-electron chi connectivity index (χ4n) is 2.05. The summed E-state index contributed by atoms with van der Waals surface area (Å²) in [5.41, 5.74) is 0. The maximum atomic E-state index is 9.68. The zero-order valence-electron chi connectivity index (χ0n) is 11.7. The van der Waals surface area contributed by atoms with Gasteiger partial charge in [0.25, 0.3) is 0 Å². The van der Waals surface area contributed by atoms with Gasteiger partial charge in [0.15, 0.2) is 8.32 Å². The molecule has 0 atom stereocenters. The summed E-state index contributed by atoms with van der Waals surface area (Å²) in [7, 11) is -1.75. The van der Waals surface area contributed by atoms with E-state index in [1.807, 2.05) is 13.1 Å². The van der Waals surface area contributed by atoms with Gasteiger partial charge in [-0.2, -0.15) is 0 Å². The third kappa shape index (κ3) is 14.2. The lowest BCUT2D eigenvalue weighted by molar-refractivity contribution is 0.530. The van der Waals surface area contributed by atoms with E-state index in [4.69, 9.17) is 0 Å². The van der Waals surface area contributed by atoms with E-state index < -0.39 is 8.32 Å². The lowest BCUT2D eigenvalue weighted by atomic mass is 10.1. The van der Waals surface area contributed by atoms with E-state index in [2.05, 4.69) is 6.92 Å².